The molecular formula is C13H23F2N. The fourth-order valence-corrected chi connectivity index (χ4v) is 4.00. The SMILES string of the molecule is CC1(C)C(C2(N)CCC(F)(F)CC2)C1(C)C. The number of nitrogens with two attached hydrogens (primary N) is 1. The zero-order valence-electron chi connectivity index (χ0n) is 10.7. The minimum atomic E-state index is -2.48. The van der Waals surface area contributed by atoms with E-state index in [-0.39, 0.29) is 29.2 Å². The summed E-state index contributed by atoms with van der Waals surface area (Å²) in [5, 5.41) is 0. The van der Waals surface area contributed by atoms with Crippen molar-refractivity contribution in [1.82, 2.24) is 0 Å². The Morgan fingerprint density at radius 2 is 1.25 bits per heavy atom. The van der Waals surface area contributed by atoms with E-state index in [9.17, 15) is 8.78 Å². The molecule has 0 saturated heterocycles. The fourth-order valence-electron chi connectivity index (χ4n) is 4.00. The molecule has 0 bridgehead atoms. The Hall–Kier alpha value is -0.180. The van der Waals surface area contributed by atoms with Gasteiger partial charge in [0.2, 0.25) is 5.92 Å². The Balaban J connectivity index is 2.13. The summed E-state index contributed by atoms with van der Waals surface area (Å²) in [5.74, 6) is -2.10. The van der Waals surface area contributed by atoms with Gasteiger partial charge in [0.25, 0.3) is 0 Å². The highest BCUT2D eigenvalue weighted by Gasteiger charge is 2.71. The van der Waals surface area contributed by atoms with Gasteiger partial charge < -0.3 is 5.73 Å². The third-order valence-electron chi connectivity index (χ3n) is 5.51. The first kappa shape index (κ1) is 12.3. The molecule has 1 nitrogen and oxygen atoms in total. The molecule has 0 heterocycles. The van der Waals surface area contributed by atoms with Crippen LogP contribution in [0.1, 0.15) is 53.4 Å². The number of halogens is 2. The lowest BCUT2D eigenvalue weighted by Crippen LogP contribution is -2.49. The highest BCUT2D eigenvalue weighted by Crippen LogP contribution is 2.73. The molecule has 94 valence electrons. The molecule has 2 saturated carbocycles. The van der Waals surface area contributed by atoms with Crippen molar-refractivity contribution in [3.8, 4) is 0 Å². The van der Waals surface area contributed by atoms with Crippen molar-refractivity contribution in [2.45, 2.75) is 64.8 Å². The molecule has 0 aliphatic heterocycles. The van der Waals surface area contributed by atoms with Gasteiger partial charge in [0.05, 0.1) is 0 Å². The van der Waals surface area contributed by atoms with E-state index < -0.39 is 5.92 Å². The van der Waals surface area contributed by atoms with Crippen molar-refractivity contribution in [2.75, 3.05) is 0 Å². The Kier molecular flexibility index (Phi) is 2.29. The predicted molar refractivity (Wildman–Crippen MR) is 61.4 cm³/mol. The summed E-state index contributed by atoms with van der Waals surface area (Å²) in [6.07, 6.45) is 0.868. The zero-order valence-corrected chi connectivity index (χ0v) is 10.7. The third-order valence-corrected chi connectivity index (χ3v) is 5.51. The van der Waals surface area contributed by atoms with Crippen molar-refractivity contribution < 1.29 is 8.78 Å². The van der Waals surface area contributed by atoms with Crippen LogP contribution in [0.2, 0.25) is 0 Å². The predicted octanol–water partition coefficient (Wildman–Crippen LogP) is 3.58. The molecule has 3 heteroatoms. The number of alkyl halides is 2. The van der Waals surface area contributed by atoms with E-state index in [1.54, 1.807) is 0 Å². The van der Waals surface area contributed by atoms with Crippen LogP contribution in [0.15, 0.2) is 0 Å². The van der Waals surface area contributed by atoms with Gasteiger partial charge >= 0.3 is 0 Å². The molecule has 0 aromatic rings. The Labute approximate surface area is 96.8 Å². The normalized spacial score (nSPS) is 34.7. The van der Waals surface area contributed by atoms with Crippen molar-refractivity contribution in [2.24, 2.45) is 22.5 Å². The Morgan fingerprint density at radius 1 is 0.875 bits per heavy atom. The highest BCUT2D eigenvalue weighted by molar-refractivity contribution is 5.21. The van der Waals surface area contributed by atoms with Crippen molar-refractivity contribution >= 4 is 0 Å². The van der Waals surface area contributed by atoms with Gasteiger partial charge in [-0.2, -0.15) is 0 Å². The molecule has 16 heavy (non-hydrogen) atoms. The number of hydrogen-bond acceptors (Lipinski definition) is 1. The minimum absolute atomic E-state index is 0.0356. The van der Waals surface area contributed by atoms with E-state index in [4.69, 9.17) is 5.73 Å². The van der Waals surface area contributed by atoms with E-state index in [0.29, 0.717) is 18.8 Å². The van der Waals surface area contributed by atoms with Gasteiger partial charge in [0.1, 0.15) is 0 Å². The molecule has 2 fully saturated rings. The van der Waals surface area contributed by atoms with Gasteiger partial charge in [0.15, 0.2) is 0 Å². The summed E-state index contributed by atoms with van der Waals surface area (Å²) in [5.41, 5.74) is 6.41. The molecule has 2 aliphatic carbocycles. The van der Waals surface area contributed by atoms with Crippen LogP contribution in [-0.2, 0) is 0 Å². The second kappa shape index (κ2) is 2.98. The monoisotopic (exact) mass is 231 g/mol. The Bertz CT molecular complexity index is 283. The second-order valence-electron chi connectivity index (χ2n) is 6.97. The van der Waals surface area contributed by atoms with Gasteiger partial charge in [-0.1, -0.05) is 27.7 Å². The molecule has 0 spiro atoms. The summed E-state index contributed by atoms with van der Waals surface area (Å²) >= 11 is 0. The van der Waals surface area contributed by atoms with Gasteiger partial charge in [-0.25, -0.2) is 8.78 Å². The smallest absolute Gasteiger partial charge is 0.248 e. The molecule has 0 amide bonds. The van der Waals surface area contributed by atoms with Crippen LogP contribution in [-0.4, -0.2) is 11.5 Å². The summed E-state index contributed by atoms with van der Waals surface area (Å²) in [6.45, 7) is 8.83. The highest BCUT2D eigenvalue weighted by atomic mass is 19.3. The van der Waals surface area contributed by atoms with Gasteiger partial charge in [-0.3, -0.25) is 0 Å². The van der Waals surface area contributed by atoms with Crippen LogP contribution in [0, 0.1) is 16.7 Å². The van der Waals surface area contributed by atoms with E-state index in [2.05, 4.69) is 27.7 Å². The van der Waals surface area contributed by atoms with E-state index in [1.807, 2.05) is 0 Å². The van der Waals surface area contributed by atoms with E-state index >= 15 is 0 Å². The summed E-state index contributed by atoms with van der Waals surface area (Å²) in [4.78, 5) is 0. The molecule has 0 radical (unpaired) electrons. The standard InChI is InChI=1S/C13H23F2N/c1-10(2)9(11(10,3)4)12(16)5-7-13(14,15)8-6-12/h9H,5-8,16H2,1-4H3. The van der Waals surface area contributed by atoms with Crippen LogP contribution in [0.25, 0.3) is 0 Å². The van der Waals surface area contributed by atoms with Crippen LogP contribution in [0.3, 0.4) is 0 Å². The van der Waals surface area contributed by atoms with Gasteiger partial charge in [-0.05, 0) is 29.6 Å². The van der Waals surface area contributed by atoms with Crippen LogP contribution >= 0.6 is 0 Å². The van der Waals surface area contributed by atoms with E-state index in [0.717, 1.165) is 0 Å². The Morgan fingerprint density at radius 3 is 1.56 bits per heavy atom. The maximum Gasteiger partial charge on any atom is 0.248 e. The van der Waals surface area contributed by atoms with Crippen molar-refractivity contribution in [3.63, 3.8) is 0 Å². The van der Waals surface area contributed by atoms with Crippen LogP contribution in [0.5, 0.6) is 0 Å². The first-order chi connectivity index (χ1) is 7.03. The zero-order chi connectivity index (χ0) is 12.4. The van der Waals surface area contributed by atoms with E-state index in [1.165, 1.54) is 0 Å². The first-order valence-corrected chi connectivity index (χ1v) is 6.20. The molecule has 2 aliphatic rings. The topological polar surface area (TPSA) is 26.0 Å². The second-order valence-corrected chi connectivity index (χ2v) is 6.97. The molecule has 0 unspecified atom stereocenters. The maximum atomic E-state index is 13.2. The average Bonchev–Trinajstić information content (AvgIpc) is 2.51. The fraction of sp³-hybridized carbons (Fsp3) is 1.00. The number of rotatable bonds is 1. The molecule has 0 atom stereocenters. The lowest BCUT2D eigenvalue weighted by atomic mass is 9.74. The van der Waals surface area contributed by atoms with Crippen molar-refractivity contribution in [1.29, 1.82) is 0 Å². The van der Waals surface area contributed by atoms with Gasteiger partial charge in [-0.15, -0.1) is 0 Å². The van der Waals surface area contributed by atoms with Crippen LogP contribution in [0.4, 0.5) is 8.78 Å². The van der Waals surface area contributed by atoms with Gasteiger partial charge in [0, 0.05) is 18.4 Å². The quantitative estimate of drug-likeness (QED) is 0.733. The molecule has 0 aromatic carbocycles. The van der Waals surface area contributed by atoms with Crippen LogP contribution < -0.4 is 5.73 Å². The molecular weight excluding hydrogens is 208 g/mol. The molecule has 0 aromatic heterocycles. The largest absolute Gasteiger partial charge is 0.325 e. The summed E-state index contributed by atoms with van der Waals surface area (Å²) < 4.78 is 26.3. The molecule has 2 N–H and O–H groups in total. The first-order valence-electron chi connectivity index (χ1n) is 6.20. The maximum absolute atomic E-state index is 13.2. The summed E-state index contributed by atoms with van der Waals surface area (Å²) in [6, 6.07) is 0. The minimum Gasteiger partial charge on any atom is -0.325 e. The average molecular weight is 231 g/mol. The lowest BCUT2D eigenvalue weighted by molar-refractivity contribution is -0.0558. The number of hydrogen-bond donors (Lipinski definition) is 1. The summed E-state index contributed by atoms with van der Waals surface area (Å²) in [7, 11) is 0. The molecule has 2 rings (SSSR count). The van der Waals surface area contributed by atoms with Crippen molar-refractivity contribution in [3.05, 3.63) is 0 Å². The lowest BCUT2D eigenvalue weighted by Gasteiger charge is -2.39. The third kappa shape index (κ3) is 1.51.